The molecule has 0 fully saturated rings. The van der Waals surface area contributed by atoms with Crippen LogP contribution in [0.25, 0.3) is 0 Å². The molecule has 0 spiro atoms. The van der Waals surface area contributed by atoms with Crippen molar-refractivity contribution in [3.63, 3.8) is 0 Å². The molecule has 0 saturated heterocycles. The topological polar surface area (TPSA) is 219 Å². The molecule has 180 valence electrons. The van der Waals surface area contributed by atoms with Gasteiger partial charge in [0.25, 0.3) is 6.47 Å². The van der Waals surface area contributed by atoms with Gasteiger partial charge in [0.05, 0.1) is 13.2 Å². The minimum Gasteiger partial charge on any atom is -0.483 e. The Morgan fingerprint density at radius 2 is 1.00 bits per heavy atom. The summed E-state index contributed by atoms with van der Waals surface area (Å²) in [6, 6.07) is 0. The lowest BCUT2D eigenvalue weighted by Gasteiger charge is -1.95. The van der Waals surface area contributed by atoms with Gasteiger partial charge in [0.2, 0.25) is 0 Å². The number of aliphatic carboxylic acids is 3. The average molecular weight is 446 g/mol. The van der Waals surface area contributed by atoms with E-state index in [1.165, 1.54) is 0 Å². The fraction of sp³-hybridized carbons (Fsp3) is 0.588. The average Bonchev–Trinajstić information content (AvgIpc) is 2.76. The molecule has 13 heteroatoms. The number of hydrogen-bond acceptors (Lipinski definition) is 9. The molecule has 0 rings (SSSR count). The molecule has 0 aliphatic rings. The van der Waals surface area contributed by atoms with Crippen LogP contribution >= 0.6 is 0 Å². The van der Waals surface area contributed by atoms with Gasteiger partial charge in [0.1, 0.15) is 26.5 Å². The van der Waals surface area contributed by atoms with Crippen LogP contribution in [0.5, 0.6) is 0 Å². The number of rotatable bonds is 8. The molecule has 0 aromatic heterocycles. The molecule has 0 aliphatic heterocycles. The minimum atomic E-state index is -0.745. The van der Waals surface area contributed by atoms with Gasteiger partial charge in [0.15, 0.2) is 0 Å². The highest BCUT2D eigenvalue weighted by atomic mass is 16.5. The Hall–Kier alpha value is -3.19. The van der Waals surface area contributed by atoms with Crippen LogP contribution in [0.4, 0.5) is 0 Å². The summed E-state index contributed by atoms with van der Waals surface area (Å²) < 4.78 is 9.38. The van der Waals surface area contributed by atoms with Crippen LogP contribution in [0.2, 0.25) is 0 Å². The maximum atomic E-state index is 9.60. The summed E-state index contributed by atoms with van der Waals surface area (Å²) in [6.45, 7) is 9.76. The van der Waals surface area contributed by atoms with Crippen LogP contribution in [0, 0.1) is 0 Å². The number of methoxy groups -OCH3 is 1. The fourth-order valence-corrected chi connectivity index (χ4v) is 0.274. The van der Waals surface area contributed by atoms with Crippen molar-refractivity contribution in [2.45, 2.75) is 40.0 Å². The van der Waals surface area contributed by atoms with Crippen molar-refractivity contribution >= 4 is 44.2 Å². The molecule has 0 aromatic rings. The summed E-state index contributed by atoms with van der Waals surface area (Å²) in [7, 11) is 1.59. The van der Waals surface area contributed by atoms with E-state index in [-0.39, 0.29) is 32.3 Å². The molecule has 4 N–H and O–H groups in total. The number of carboxylic acids is 3. The Morgan fingerprint density at radius 3 is 1.13 bits per heavy atom. The van der Waals surface area contributed by atoms with Crippen LogP contribution in [-0.4, -0.2) is 91.6 Å². The summed E-state index contributed by atoms with van der Waals surface area (Å²) >= 11 is 0. The standard InChI is InChI=1S/C5H10O3.3C3H6O2.CH2O2.2CH2O/c1-7-4-5-8-3-2-6;3*1-2-3(4)5;2-1-3;2*1-2/h2H,3-5H2,1H3;3*2H2,1H3,(H,4,5);1H,(H,2,3);2*1H2. The fourth-order valence-electron chi connectivity index (χ4n) is 0.274. The predicted octanol–water partition coefficient (Wildman–Crippen LogP) is 0.622. The summed E-state index contributed by atoms with van der Waals surface area (Å²) in [4.78, 5) is 62.1. The van der Waals surface area contributed by atoms with Crippen LogP contribution in [-0.2, 0) is 43.0 Å². The van der Waals surface area contributed by atoms with E-state index in [0.29, 0.717) is 13.2 Å². The number of aldehydes is 1. The third kappa shape index (κ3) is 231. The second-order valence-corrected chi connectivity index (χ2v) is 3.58. The zero-order valence-electron chi connectivity index (χ0n) is 17.8. The van der Waals surface area contributed by atoms with E-state index in [1.807, 2.05) is 13.6 Å². The Bertz CT molecular complexity index is 324. The number of carbonyl (C=O) groups is 7. The van der Waals surface area contributed by atoms with Crippen molar-refractivity contribution in [3.05, 3.63) is 0 Å². The third-order valence-corrected chi connectivity index (χ3v) is 1.53. The number of hydrogen-bond donors (Lipinski definition) is 4. The van der Waals surface area contributed by atoms with Gasteiger partial charge in [-0.25, -0.2) is 0 Å². The maximum absolute atomic E-state index is 9.60. The van der Waals surface area contributed by atoms with Gasteiger partial charge >= 0.3 is 17.9 Å². The molecule has 0 aromatic carbocycles. The van der Waals surface area contributed by atoms with E-state index in [2.05, 4.69) is 4.74 Å². The Kier molecular flexibility index (Phi) is 96.4. The van der Waals surface area contributed by atoms with E-state index in [4.69, 9.17) is 39.5 Å². The molecule has 0 bridgehead atoms. The van der Waals surface area contributed by atoms with Crippen molar-refractivity contribution in [3.8, 4) is 0 Å². The van der Waals surface area contributed by atoms with Gasteiger partial charge in [-0.15, -0.1) is 0 Å². The first kappa shape index (κ1) is 45.5. The Morgan fingerprint density at radius 1 is 0.767 bits per heavy atom. The highest BCUT2D eigenvalue weighted by Crippen LogP contribution is 1.71. The smallest absolute Gasteiger partial charge is 0.303 e. The highest BCUT2D eigenvalue weighted by molar-refractivity contribution is 5.66. The zero-order valence-corrected chi connectivity index (χ0v) is 17.8. The van der Waals surface area contributed by atoms with Gasteiger partial charge in [0, 0.05) is 26.4 Å². The van der Waals surface area contributed by atoms with Crippen molar-refractivity contribution in [2.75, 3.05) is 26.9 Å². The lowest BCUT2D eigenvalue weighted by Crippen LogP contribution is -2.02. The van der Waals surface area contributed by atoms with Crippen LogP contribution in [0.1, 0.15) is 40.0 Å². The SMILES string of the molecule is C=O.C=O.CCC(=O)O.CCC(=O)O.CCC(=O)O.COCCOCC=O.O=CO. The molecular weight excluding hydrogens is 412 g/mol. The van der Waals surface area contributed by atoms with Crippen LogP contribution in [0.15, 0.2) is 0 Å². The predicted molar refractivity (Wildman–Crippen MR) is 105 cm³/mol. The first-order valence-corrected chi connectivity index (χ1v) is 7.95. The van der Waals surface area contributed by atoms with E-state index in [0.717, 1.165) is 6.29 Å². The lowest BCUT2D eigenvalue weighted by atomic mass is 10.5. The Labute approximate surface area is 175 Å². The molecule has 13 nitrogen and oxygen atoms in total. The molecular formula is C17H34O13. The first-order chi connectivity index (χ1) is 14.1. The second kappa shape index (κ2) is 63.6. The van der Waals surface area contributed by atoms with Gasteiger partial charge in [-0.1, -0.05) is 20.8 Å². The minimum absolute atomic E-state index is 0.170. The summed E-state index contributed by atoms with van der Waals surface area (Å²) in [5, 5.41) is 30.1. The monoisotopic (exact) mass is 446 g/mol. The molecule has 0 aliphatic carbocycles. The Balaban J connectivity index is -0.0000000434. The molecule has 0 unspecified atom stereocenters. The number of carboxylic acid groups (broad SMARTS) is 4. The third-order valence-electron chi connectivity index (χ3n) is 1.53. The molecule has 0 amide bonds. The normalized spacial score (nSPS) is 6.80. The van der Waals surface area contributed by atoms with Crippen molar-refractivity contribution in [1.29, 1.82) is 0 Å². The highest BCUT2D eigenvalue weighted by Gasteiger charge is 1.82. The van der Waals surface area contributed by atoms with Crippen LogP contribution in [0.3, 0.4) is 0 Å². The van der Waals surface area contributed by atoms with Gasteiger partial charge in [-0.2, -0.15) is 0 Å². The van der Waals surface area contributed by atoms with Gasteiger partial charge in [-0.3, -0.25) is 19.2 Å². The molecule has 0 heterocycles. The number of carbonyl (C=O) groups excluding carboxylic acids is 3. The van der Waals surface area contributed by atoms with Gasteiger partial charge in [-0.05, 0) is 0 Å². The largest absolute Gasteiger partial charge is 0.483 e. The molecule has 0 radical (unpaired) electrons. The van der Waals surface area contributed by atoms with Gasteiger partial charge < -0.3 is 44.3 Å². The summed E-state index contributed by atoms with van der Waals surface area (Å²) in [6.07, 6.45) is 1.38. The van der Waals surface area contributed by atoms with Crippen LogP contribution < -0.4 is 0 Å². The zero-order chi connectivity index (χ0) is 25.8. The molecule has 0 saturated carbocycles. The van der Waals surface area contributed by atoms with E-state index in [9.17, 15) is 19.2 Å². The van der Waals surface area contributed by atoms with E-state index in [1.54, 1.807) is 27.9 Å². The molecule has 30 heavy (non-hydrogen) atoms. The number of ether oxygens (including phenoxy) is 2. The summed E-state index contributed by atoms with van der Waals surface area (Å²) in [5.41, 5.74) is 0. The van der Waals surface area contributed by atoms with Crippen molar-refractivity contribution < 1.29 is 63.5 Å². The maximum Gasteiger partial charge on any atom is 0.303 e. The van der Waals surface area contributed by atoms with Crippen molar-refractivity contribution in [1.82, 2.24) is 0 Å². The van der Waals surface area contributed by atoms with E-state index >= 15 is 0 Å². The molecule has 0 atom stereocenters. The van der Waals surface area contributed by atoms with Crippen molar-refractivity contribution in [2.24, 2.45) is 0 Å². The first-order valence-electron chi connectivity index (χ1n) is 7.95. The van der Waals surface area contributed by atoms with E-state index < -0.39 is 17.9 Å². The second-order valence-electron chi connectivity index (χ2n) is 3.58. The quantitative estimate of drug-likeness (QED) is 0.297. The lowest BCUT2D eigenvalue weighted by molar-refractivity contribution is -0.137. The summed E-state index contributed by atoms with van der Waals surface area (Å²) in [5.74, 6) is -2.24.